The molecule has 3 rings (SSSR count). The van der Waals surface area contributed by atoms with Crippen molar-refractivity contribution in [1.82, 2.24) is 9.62 Å². The summed E-state index contributed by atoms with van der Waals surface area (Å²) in [5.41, 5.74) is -0.218. The number of sulfonamides is 1. The van der Waals surface area contributed by atoms with Gasteiger partial charge in [0.2, 0.25) is 5.91 Å². The monoisotopic (exact) mass is 495 g/mol. The highest BCUT2D eigenvalue weighted by Gasteiger charge is 2.38. The third-order valence-corrected chi connectivity index (χ3v) is 6.70. The lowest BCUT2D eigenvalue weighted by atomic mass is 10.1. The van der Waals surface area contributed by atoms with Crippen LogP contribution in [-0.4, -0.2) is 56.8 Å². The molecule has 11 nitrogen and oxygen atoms in total. The predicted molar refractivity (Wildman–Crippen MR) is 118 cm³/mol. The molecule has 174 valence electrons. The summed E-state index contributed by atoms with van der Waals surface area (Å²) in [4.78, 5) is 35.3. The molecule has 0 spiro atoms. The highest BCUT2D eigenvalue weighted by Crippen LogP contribution is 2.32. The fourth-order valence-corrected chi connectivity index (χ4v) is 4.82. The fourth-order valence-electron chi connectivity index (χ4n) is 3.10. The summed E-state index contributed by atoms with van der Waals surface area (Å²) in [6, 6.07) is 7.58. The number of nitrogens with zero attached hydrogens (tertiary/aromatic N) is 2. The van der Waals surface area contributed by atoms with Crippen molar-refractivity contribution in [3.63, 3.8) is 0 Å². The van der Waals surface area contributed by atoms with E-state index in [1.165, 1.54) is 26.4 Å². The highest BCUT2D eigenvalue weighted by atomic mass is 35.5. The molecule has 0 atom stereocenters. The second-order valence-corrected chi connectivity index (χ2v) is 9.01. The maximum absolute atomic E-state index is 13.4. The first-order valence-electron chi connectivity index (χ1n) is 9.28. The summed E-state index contributed by atoms with van der Waals surface area (Å²) in [5, 5.41) is 14.0. The molecule has 0 aromatic heterocycles. The van der Waals surface area contributed by atoms with Crippen molar-refractivity contribution in [1.29, 1.82) is 0 Å². The minimum atomic E-state index is -4.72. The highest BCUT2D eigenvalue weighted by molar-refractivity contribution is 7.89. The SMILES string of the molecule is COc1ccc(Cl)cc1C=C1CNC(=O)CN(S(=O)(=O)c2cc([N+](=O)[O-])ccc2OC)C1=O. The molecule has 1 heterocycles. The number of methoxy groups -OCH3 is 2. The zero-order valence-corrected chi connectivity index (χ0v) is 19.0. The number of nitro groups is 1. The van der Waals surface area contributed by atoms with E-state index < -0.39 is 43.9 Å². The van der Waals surface area contributed by atoms with Gasteiger partial charge in [0.05, 0.1) is 19.1 Å². The van der Waals surface area contributed by atoms with Gasteiger partial charge in [-0.1, -0.05) is 11.6 Å². The molecule has 0 bridgehead atoms. The van der Waals surface area contributed by atoms with Crippen molar-refractivity contribution < 1.29 is 32.4 Å². The van der Waals surface area contributed by atoms with Gasteiger partial charge in [-0.25, -0.2) is 12.7 Å². The van der Waals surface area contributed by atoms with Crippen LogP contribution in [-0.2, 0) is 19.6 Å². The van der Waals surface area contributed by atoms with E-state index in [1.807, 2.05) is 0 Å². The summed E-state index contributed by atoms with van der Waals surface area (Å²) < 4.78 is 37.4. The van der Waals surface area contributed by atoms with Crippen molar-refractivity contribution in [2.45, 2.75) is 4.90 Å². The zero-order valence-electron chi connectivity index (χ0n) is 17.4. The third kappa shape index (κ3) is 4.91. The van der Waals surface area contributed by atoms with Gasteiger partial charge in [0, 0.05) is 34.8 Å². The fraction of sp³-hybridized carbons (Fsp3) is 0.200. The van der Waals surface area contributed by atoms with Crippen molar-refractivity contribution in [3.05, 3.63) is 62.7 Å². The lowest BCUT2D eigenvalue weighted by Crippen LogP contribution is -2.40. The third-order valence-electron chi connectivity index (χ3n) is 4.71. The predicted octanol–water partition coefficient (Wildman–Crippen LogP) is 2.00. The van der Waals surface area contributed by atoms with Gasteiger partial charge >= 0.3 is 0 Å². The van der Waals surface area contributed by atoms with Crippen LogP contribution in [0.3, 0.4) is 0 Å². The largest absolute Gasteiger partial charge is 0.496 e. The van der Waals surface area contributed by atoms with E-state index >= 15 is 0 Å². The van der Waals surface area contributed by atoms with Crippen LogP contribution in [0.15, 0.2) is 46.9 Å². The molecular weight excluding hydrogens is 478 g/mol. The molecular formula is C20H18ClN3O8S. The Morgan fingerprint density at radius 2 is 1.79 bits per heavy atom. The van der Waals surface area contributed by atoms with Crippen molar-refractivity contribution in [3.8, 4) is 11.5 Å². The van der Waals surface area contributed by atoms with Gasteiger partial charge in [-0.05, 0) is 30.3 Å². The van der Waals surface area contributed by atoms with E-state index in [9.17, 15) is 28.1 Å². The number of amides is 2. The van der Waals surface area contributed by atoms with Crippen LogP contribution < -0.4 is 14.8 Å². The molecule has 0 saturated carbocycles. The van der Waals surface area contributed by atoms with Crippen LogP contribution in [0.2, 0.25) is 5.02 Å². The van der Waals surface area contributed by atoms with Gasteiger partial charge in [0.1, 0.15) is 22.9 Å². The number of hydrogen-bond donors (Lipinski definition) is 1. The summed E-state index contributed by atoms with van der Waals surface area (Å²) in [6.45, 7) is -1.08. The number of nitrogens with one attached hydrogen (secondary N) is 1. The number of hydrogen-bond acceptors (Lipinski definition) is 8. The number of rotatable bonds is 6. The van der Waals surface area contributed by atoms with E-state index in [1.54, 1.807) is 12.1 Å². The molecule has 13 heteroatoms. The first-order chi connectivity index (χ1) is 15.6. The second-order valence-electron chi connectivity index (χ2n) is 6.74. The Hall–Kier alpha value is -3.64. The van der Waals surface area contributed by atoms with Crippen molar-refractivity contribution in [2.75, 3.05) is 27.3 Å². The molecule has 1 fully saturated rings. The first-order valence-corrected chi connectivity index (χ1v) is 11.1. The molecule has 2 aromatic carbocycles. The molecule has 0 radical (unpaired) electrons. The Morgan fingerprint density at radius 1 is 1.12 bits per heavy atom. The normalized spacial score (nSPS) is 15.7. The molecule has 1 N–H and O–H groups in total. The van der Waals surface area contributed by atoms with Gasteiger partial charge in [-0.2, -0.15) is 0 Å². The number of benzene rings is 2. The maximum Gasteiger partial charge on any atom is 0.271 e. The van der Waals surface area contributed by atoms with Gasteiger partial charge in [0.25, 0.3) is 21.6 Å². The zero-order chi connectivity index (χ0) is 24.3. The average Bonchev–Trinajstić information content (AvgIpc) is 2.92. The summed E-state index contributed by atoms with van der Waals surface area (Å²) in [7, 11) is -2.14. The van der Waals surface area contributed by atoms with Gasteiger partial charge in [-0.15, -0.1) is 0 Å². The van der Waals surface area contributed by atoms with Crippen LogP contribution >= 0.6 is 11.6 Å². The Kier molecular flexibility index (Phi) is 6.89. The number of halogens is 1. The number of non-ortho nitro benzene ring substituents is 1. The Bertz CT molecular complexity index is 1280. The van der Waals surface area contributed by atoms with Crippen LogP contribution in [0.25, 0.3) is 6.08 Å². The summed E-state index contributed by atoms with van der Waals surface area (Å²) >= 11 is 6.02. The molecule has 1 aliphatic heterocycles. The lowest BCUT2D eigenvalue weighted by molar-refractivity contribution is -0.385. The van der Waals surface area contributed by atoms with Gasteiger partial charge in [-0.3, -0.25) is 19.7 Å². The summed E-state index contributed by atoms with van der Waals surface area (Å²) in [6.07, 6.45) is 1.35. The minimum Gasteiger partial charge on any atom is -0.496 e. The number of ether oxygens (including phenoxy) is 2. The Balaban J connectivity index is 2.14. The molecule has 2 aromatic rings. The van der Waals surface area contributed by atoms with E-state index in [0.29, 0.717) is 20.6 Å². The molecule has 1 saturated heterocycles. The smallest absolute Gasteiger partial charge is 0.271 e. The Labute approximate surface area is 193 Å². The van der Waals surface area contributed by atoms with Crippen LogP contribution in [0, 0.1) is 10.1 Å². The van der Waals surface area contributed by atoms with E-state index in [-0.39, 0.29) is 17.9 Å². The van der Waals surface area contributed by atoms with E-state index in [0.717, 1.165) is 18.2 Å². The van der Waals surface area contributed by atoms with Gasteiger partial charge < -0.3 is 14.8 Å². The van der Waals surface area contributed by atoms with Crippen LogP contribution in [0.4, 0.5) is 5.69 Å². The van der Waals surface area contributed by atoms with Crippen LogP contribution in [0.5, 0.6) is 11.5 Å². The van der Waals surface area contributed by atoms with E-state index in [4.69, 9.17) is 21.1 Å². The van der Waals surface area contributed by atoms with Crippen LogP contribution in [0.1, 0.15) is 5.56 Å². The van der Waals surface area contributed by atoms with Crippen molar-refractivity contribution >= 4 is 45.2 Å². The standard InChI is InChI=1S/C20H18ClN3O8S/c1-31-16-5-3-14(21)8-12(16)7-13-10-22-19(25)11-23(20(13)26)33(29,30)18-9-15(24(27)28)4-6-17(18)32-2/h3-9H,10-11H2,1-2H3,(H,22,25). The molecule has 33 heavy (non-hydrogen) atoms. The molecule has 2 amide bonds. The Morgan fingerprint density at radius 3 is 2.42 bits per heavy atom. The van der Waals surface area contributed by atoms with E-state index in [2.05, 4.69) is 5.32 Å². The van der Waals surface area contributed by atoms with Crippen molar-refractivity contribution in [2.24, 2.45) is 0 Å². The first kappa shape index (κ1) is 24.0. The molecule has 0 unspecified atom stereocenters. The second kappa shape index (κ2) is 9.46. The number of nitro benzene ring substituents is 1. The number of carbonyl (C=O) groups excluding carboxylic acids is 2. The topological polar surface area (TPSA) is 145 Å². The molecule has 1 aliphatic rings. The lowest BCUT2D eigenvalue weighted by Gasteiger charge is -2.21. The minimum absolute atomic E-state index is 0.0746. The molecule has 0 aliphatic carbocycles. The quantitative estimate of drug-likeness (QED) is 0.364. The van der Waals surface area contributed by atoms with Gasteiger partial charge in [0.15, 0.2) is 0 Å². The maximum atomic E-state index is 13.4. The average molecular weight is 496 g/mol. The number of carbonyl (C=O) groups is 2. The summed E-state index contributed by atoms with van der Waals surface area (Å²) in [5.74, 6) is -1.59.